The first-order valence-electron chi connectivity index (χ1n) is 4.71. The van der Waals surface area contributed by atoms with E-state index in [0.29, 0.717) is 0 Å². The van der Waals surface area contributed by atoms with Gasteiger partial charge in [0.25, 0.3) is 0 Å². The van der Waals surface area contributed by atoms with Crippen molar-refractivity contribution >= 4 is 52.4 Å². The third kappa shape index (κ3) is 4.01. The van der Waals surface area contributed by atoms with Gasteiger partial charge in [0.1, 0.15) is 5.38 Å². The molecule has 0 aliphatic carbocycles. The zero-order valence-electron chi connectivity index (χ0n) is 9.06. The Balaban J connectivity index is 2.74. The molecule has 1 unspecified atom stereocenters. The number of alkyl halides is 1. The smallest absolute Gasteiger partial charge is 0.308 e. The number of imide groups is 1. The molecule has 0 bridgehead atoms. The molecule has 1 aromatic rings. The number of carbonyl (C=O) groups is 2. The summed E-state index contributed by atoms with van der Waals surface area (Å²) in [5.41, 5.74) is 0.152. The summed E-state index contributed by atoms with van der Waals surface area (Å²) < 4.78 is 13.1. The van der Waals surface area contributed by atoms with E-state index in [1.807, 2.05) is 5.32 Å². The van der Waals surface area contributed by atoms with Crippen LogP contribution in [-0.4, -0.2) is 17.3 Å². The number of carbonyl (C=O) groups excluding carboxylic acids is 2. The maximum Gasteiger partial charge on any atom is 0.325 e. The molecule has 4 nitrogen and oxygen atoms in total. The molecule has 1 rings (SSSR count). The molecular weight excluding hydrogens is 305 g/mol. The Morgan fingerprint density at radius 1 is 1.28 bits per heavy atom. The van der Waals surface area contributed by atoms with Crippen molar-refractivity contribution in [2.24, 2.45) is 0 Å². The minimum atomic E-state index is -0.851. The lowest BCUT2D eigenvalue weighted by molar-refractivity contribution is -0.119. The van der Waals surface area contributed by atoms with E-state index >= 15 is 0 Å². The third-order valence-corrected chi connectivity index (χ3v) is 2.59. The van der Waals surface area contributed by atoms with E-state index < -0.39 is 23.1 Å². The van der Waals surface area contributed by atoms with Gasteiger partial charge >= 0.3 is 6.03 Å². The molecule has 0 aromatic heterocycles. The average Bonchev–Trinajstić information content (AvgIpc) is 2.25. The molecule has 1 aromatic carbocycles. The molecule has 2 N–H and O–H groups in total. The molecule has 0 saturated carbocycles. The van der Waals surface area contributed by atoms with Gasteiger partial charge in [-0.15, -0.1) is 11.6 Å². The highest BCUT2D eigenvalue weighted by Crippen LogP contribution is 2.27. The van der Waals surface area contributed by atoms with Crippen molar-refractivity contribution in [1.29, 1.82) is 0 Å². The van der Waals surface area contributed by atoms with E-state index in [9.17, 15) is 14.0 Å². The maximum absolute atomic E-state index is 13.1. The standard InChI is InChI=1S/C10H8Cl3FN2O2/c1-4(11)9(17)16-10(18)15-5-2-6(12)8(14)7(13)3-5/h2-4H,1H3,(H2,15,16,17,18). The molecule has 98 valence electrons. The average molecular weight is 314 g/mol. The van der Waals surface area contributed by atoms with Crippen molar-refractivity contribution in [3.05, 3.63) is 28.0 Å². The SMILES string of the molecule is CC(Cl)C(=O)NC(=O)Nc1cc(Cl)c(F)c(Cl)c1. The van der Waals surface area contributed by atoms with Crippen LogP contribution in [0.3, 0.4) is 0 Å². The lowest BCUT2D eigenvalue weighted by Gasteiger charge is -2.08. The first kappa shape index (κ1) is 15.0. The van der Waals surface area contributed by atoms with E-state index in [2.05, 4.69) is 5.32 Å². The van der Waals surface area contributed by atoms with Crippen LogP contribution in [0, 0.1) is 5.82 Å². The summed E-state index contributed by atoms with van der Waals surface area (Å²) in [5.74, 6) is -1.44. The van der Waals surface area contributed by atoms with Gasteiger partial charge < -0.3 is 5.32 Å². The summed E-state index contributed by atoms with van der Waals surface area (Å²) in [7, 11) is 0. The van der Waals surface area contributed by atoms with Crippen LogP contribution < -0.4 is 10.6 Å². The van der Waals surface area contributed by atoms with Crippen LogP contribution in [0.4, 0.5) is 14.9 Å². The number of halogens is 4. The minimum absolute atomic E-state index is 0.152. The van der Waals surface area contributed by atoms with Gasteiger partial charge in [-0.3, -0.25) is 10.1 Å². The number of nitrogens with one attached hydrogen (secondary N) is 2. The summed E-state index contributed by atoms with van der Waals surface area (Å²) >= 11 is 16.5. The molecule has 0 saturated heterocycles. The monoisotopic (exact) mass is 312 g/mol. The number of hydrogen-bond donors (Lipinski definition) is 2. The van der Waals surface area contributed by atoms with Gasteiger partial charge in [-0.05, 0) is 19.1 Å². The fraction of sp³-hybridized carbons (Fsp3) is 0.200. The van der Waals surface area contributed by atoms with Crippen LogP contribution in [0.2, 0.25) is 10.0 Å². The quantitative estimate of drug-likeness (QED) is 0.649. The second kappa shape index (κ2) is 6.22. The van der Waals surface area contributed by atoms with Gasteiger partial charge in [0.2, 0.25) is 5.91 Å². The number of benzene rings is 1. The predicted octanol–water partition coefficient (Wildman–Crippen LogP) is 3.41. The first-order chi connectivity index (χ1) is 8.31. The van der Waals surface area contributed by atoms with Gasteiger partial charge in [0, 0.05) is 5.69 Å². The van der Waals surface area contributed by atoms with Crippen molar-refractivity contribution in [2.45, 2.75) is 12.3 Å². The number of amides is 3. The Bertz CT molecular complexity index is 471. The lowest BCUT2D eigenvalue weighted by atomic mass is 10.3. The second-order valence-corrected chi connectivity index (χ2v) is 4.78. The summed E-state index contributed by atoms with van der Waals surface area (Å²) in [4.78, 5) is 22.5. The predicted molar refractivity (Wildman–Crippen MR) is 68.9 cm³/mol. The molecule has 0 aliphatic rings. The molecule has 0 aliphatic heterocycles. The van der Waals surface area contributed by atoms with Crippen LogP contribution in [-0.2, 0) is 4.79 Å². The molecule has 0 spiro atoms. The summed E-state index contributed by atoms with van der Waals surface area (Å²) in [6.07, 6.45) is 0. The lowest BCUT2D eigenvalue weighted by Crippen LogP contribution is -2.38. The molecule has 0 fully saturated rings. The number of urea groups is 1. The van der Waals surface area contributed by atoms with Crippen LogP contribution in [0.15, 0.2) is 12.1 Å². The number of rotatable bonds is 2. The summed E-state index contributed by atoms with van der Waals surface area (Å²) in [5, 5.41) is 2.92. The van der Waals surface area contributed by atoms with Crippen molar-refractivity contribution in [3.8, 4) is 0 Å². The summed E-state index contributed by atoms with van der Waals surface area (Å²) in [6, 6.07) is 1.51. The van der Waals surface area contributed by atoms with Gasteiger partial charge in [-0.1, -0.05) is 23.2 Å². The van der Waals surface area contributed by atoms with E-state index in [1.165, 1.54) is 6.92 Å². The Kier molecular flexibility index (Phi) is 5.19. The van der Waals surface area contributed by atoms with Crippen LogP contribution in [0.1, 0.15) is 6.92 Å². The Labute approximate surface area is 117 Å². The zero-order valence-corrected chi connectivity index (χ0v) is 11.3. The zero-order chi connectivity index (χ0) is 13.9. The van der Waals surface area contributed by atoms with E-state index in [0.717, 1.165) is 12.1 Å². The minimum Gasteiger partial charge on any atom is -0.308 e. The number of hydrogen-bond acceptors (Lipinski definition) is 2. The number of anilines is 1. The van der Waals surface area contributed by atoms with Crippen LogP contribution in [0.5, 0.6) is 0 Å². The Morgan fingerprint density at radius 3 is 2.22 bits per heavy atom. The van der Waals surface area contributed by atoms with Crippen molar-refractivity contribution in [2.75, 3.05) is 5.32 Å². The molecule has 1 atom stereocenters. The van der Waals surface area contributed by atoms with Crippen molar-refractivity contribution in [3.63, 3.8) is 0 Å². The molecule has 18 heavy (non-hydrogen) atoms. The van der Waals surface area contributed by atoms with Gasteiger partial charge in [0.15, 0.2) is 5.82 Å². The van der Waals surface area contributed by atoms with E-state index in [-0.39, 0.29) is 15.7 Å². The molecule has 0 radical (unpaired) electrons. The Hall–Kier alpha value is -1.04. The van der Waals surface area contributed by atoms with Crippen molar-refractivity contribution < 1.29 is 14.0 Å². The highest BCUT2D eigenvalue weighted by atomic mass is 35.5. The highest BCUT2D eigenvalue weighted by Gasteiger charge is 2.14. The first-order valence-corrected chi connectivity index (χ1v) is 5.91. The van der Waals surface area contributed by atoms with Gasteiger partial charge in [0.05, 0.1) is 10.0 Å². The second-order valence-electron chi connectivity index (χ2n) is 3.31. The van der Waals surface area contributed by atoms with Gasteiger partial charge in [-0.25, -0.2) is 9.18 Å². The highest BCUT2D eigenvalue weighted by molar-refractivity contribution is 6.35. The summed E-state index contributed by atoms with van der Waals surface area (Å²) in [6.45, 7) is 1.41. The fourth-order valence-electron chi connectivity index (χ4n) is 1.00. The maximum atomic E-state index is 13.1. The molecule has 0 heterocycles. The molecular formula is C10H8Cl3FN2O2. The van der Waals surface area contributed by atoms with Crippen molar-refractivity contribution in [1.82, 2.24) is 5.32 Å². The van der Waals surface area contributed by atoms with Gasteiger partial charge in [-0.2, -0.15) is 0 Å². The van der Waals surface area contributed by atoms with Crippen LogP contribution in [0.25, 0.3) is 0 Å². The fourth-order valence-corrected chi connectivity index (χ4v) is 1.54. The molecule has 8 heteroatoms. The topological polar surface area (TPSA) is 58.2 Å². The normalized spacial score (nSPS) is 11.8. The largest absolute Gasteiger partial charge is 0.325 e. The Morgan fingerprint density at radius 2 is 1.78 bits per heavy atom. The third-order valence-electron chi connectivity index (χ3n) is 1.84. The molecule has 3 amide bonds. The van der Waals surface area contributed by atoms with E-state index in [1.54, 1.807) is 0 Å². The van der Waals surface area contributed by atoms with E-state index in [4.69, 9.17) is 34.8 Å². The van der Waals surface area contributed by atoms with Crippen LogP contribution >= 0.6 is 34.8 Å².